The van der Waals surface area contributed by atoms with Crippen LogP contribution in [0.25, 0.3) is 11.3 Å². The highest BCUT2D eigenvalue weighted by molar-refractivity contribution is 5.57. The third-order valence-corrected chi connectivity index (χ3v) is 4.60. The maximum atomic E-state index is 6.00. The minimum Gasteiger partial charge on any atom is -0.493 e. The number of pyridine rings is 1. The highest BCUT2D eigenvalue weighted by Crippen LogP contribution is 2.25. The molecule has 164 valence electrons. The predicted molar refractivity (Wildman–Crippen MR) is 128 cm³/mol. The first-order chi connectivity index (χ1) is 15.2. The van der Waals surface area contributed by atoms with Crippen molar-refractivity contribution < 1.29 is 9.26 Å². The van der Waals surface area contributed by atoms with Crippen molar-refractivity contribution in [2.24, 2.45) is 0 Å². The molecule has 0 aliphatic heterocycles. The quantitative estimate of drug-likeness (QED) is 0.489. The van der Waals surface area contributed by atoms with Gasteiger partial charge in [-0.2, -0.15) is 0 Å². The lowest BCUT2D eigenvalue weighted by molar-refractivity contribution is 0.229. The SMILES string of the molecule is C=C/C=C(\C=C/C)COC1=CC=C(Cc2cc(-c3ccc(N)nc3)on2)CCC1.CC. The molecule has 0 aromatic carbocycles. The van der Waals surface area contributed by atoms with Crippen LogP contribution >= 0.6 is 0 Å². The largest absolute Gasteiger partial charge is 0.493 e. The summed E-state index contributed by atoms with van der Waals surface area (Å²) in [7, 11) is 0. The molecule has 5 nitrogen and oxygen atoms in total. The number of aromatic nitrogens is 2. The van der Waals surface area contributed by atoms with Crippen LogP contribution in [0.15, 0.2) is 88.9 Å². The van der Waals surface area contributed by atoms with Crippen LogP contribution in [0.5, 0.6) is 0 Å². The second-order valence-electron chi connectivity index (χ2n) is 6.91. The Bertz CT molecular complexity index is 947. The summed E-state index contributed by atoms with van der Waals surface area (Å²) < 4.78 is 11.5. The lowest BCUT2D eigenvalue weighted by atomic mass is 10.0. The Morgan fingerprint density at radius 2 is 2.10 bits per heavy atom. The van der Waals surface area contributed by atoms with E-state index in [1.807, 2.05) is 51.1 Å². The van der Waals surface area contributed by atoms with E-state index in [-0.39, 0.29) is 0 Å². The molecule has 2 aromatic heterocycles. The molecule has 0 spiro atoms. The fourth-order valence-electron chi connectivity index (χ4n) is 3.14. The van der Waals surface area contributed by atoms with Gasteiger partial charge in [-0.15, -0.1) is 0 Å². The van der Waals surface area contributed by atoms with Gasteiger partial charge in [-0.25, -0.2) is 4.98 Å². The third kappa shape index (κ3) is 7.78. The highest BCUT2D eigenvalue weighted by Gasteiger charge is 2.11. The average Bonchev–Trinajstić information content (AvgIpc) is 3.13. The van der Waals surface area contributed by atoms with Crippen LogP contribution in [-0.4, -0.2) is 16.7 Å². The van der Waals surface area contributed by atoms with Crippen LogP contribution in [-0.2, 0) is 11.2 Å². The van der Waals surface area contributed by atoms with Gasteiger partial charge in [0, 0.05) is 30.7 Å². The van der Waals surface area contributed by atoms with Gasteiger partial charge in [-0.3, -0.25) is 0 Å². The first-order valence-corrected chi connectivity index (χ1v) is 10.8. The summed E-state index contributed by atoms with van der Waals surface area (Å²) >= 11 is 0. The predicted octanol–water partition coefficient (Wildman–Crippen LogP) is 6.59. The van der Waals surface area contributed by atoms with E-state index >= 15 is 0 Å². The van der Waals surface area contributed by atoms with Gasteiger partial charge < -0.3 is 15.0 Å². The summed E-state index contributed by atoms with van der Waals surface area (Å²) in [5.74, 6) is 2.19. The molecule has 31 heavy (non-hydrogen) atoms. The molecule has 0 amide bonds. The van der Waals surface area contributed by atoms with Gasteiger partial charge in [0.25, 0.3) is 0 Å². The number of rotatable bonds is 8. The van der Waals surface area contributed by atoms with Gasteiger partial charge in [-0.1, -0.05) is 61.5 Å². The Kier molecular flexibility index (Phi) is 10.1. The van der Waals surface area contributed by atoms with Gasteiger partial charge in [0.15, 0.2) is 5.76 Å². The second-order valence-corrected chi connectivity index (χ2v) is 6.91. The zero-order valence-corrected chi connectivity index (χ0v) is 18.8. The number of nitrogens with two attached hydrogens (primary N) is 1. The summed E-state index contributed by atoms with van der Waals surface area (Å²) in [4.78, 5) is 4.10. The van der Waals surface area contributed by atoms with Crippen LogP contribution in [0.2, 0.25) is 0 Å². The van der Waals surface area contributed by atoms with Gasteiger partial charge >= 0.3 is 0 Å². The minimum absolute atomic E-state index is 0.486. The van der Waals surface area contributed by atoms with Crippen LogP contribution in [0.4, 0.5) is 5.82 Å². The van der Waals surface area contributed by atoms with E-state index in [0.29, 0.717) is 18.2 Å². The average molecular weight is 420 g/mol. The molecule has 0 unspecified atom stereocenters. The normalized spacial score (nSPS) is 14.2. The van der Waals surface area contributed by atoms with E-state index in [4.69, 9.17) is 15.0 Å². The molecular formula is C26H33N3O2. The third-order valence-electron chi connectivity index (χ3n) is 4.60. The molecule has 0 saturated heterocycles. The molecule has 3 rings (SSSR count). The van der Waals surface area contributed by atoms with Crippen molar-refractivity contribution in [3.8, 4) is 11.3 Å². The lowest BCUT2D eigenvalue weighted by Crippen LogP contribution is -1.97. The molecule has 2 heterocycles. The van der Waals surface area contributed by atoms with Crippen molar-refractivity contribution in [1.82, 2.24) is 10.1 Å². The summed E-state index contributed by atoms with van der Waals surface area (Å²) in [6, 6.07) is 5.60. The van der Waals surface area contributed by atoms with Gasteiger partial charge in [0.1, 0.15) is 12.4 Å². The maximum absolute atomic E-state index is 6.00. The number of allylic oxidation sites excluding steroid dienone is 7. The molecule has 0 bridgehead atoms. The molecule has 0 atom stereocenters. The van der Waals surface area contributed by atoms with Crippen molar-refractivity contribution in [1.29, 1.82) is 0 Å². The first-order valence-electron chi connectivity index (χ1n) is 10.8. The molecule has 1 aliphatic rings. The van der Waals surface area contributed by atoms with Crippen LogP contribution in [0.3, 0.4) is 0 Å². The number of hydrogen-bond donors (Lipinski definition) is 1. The zero-order valence-electron chi connectivity index (χ0n) is 18.8. The maximum Gasteiger partial charge on any atom is 0.168 e. The number of hydrogen-bond acceptors (Lipinski definition) is 5. The Hall–Kier alpha value is -3.34. The topological polar surface area (TPSA) is 74.2 Å². The van der Waals surface area contributed by atoms with Crippen molar-refractivity contribution in [2.75, 3.05) is 12.3 Å². The molecular weight excluding hydrogens is 386 g/mol. The summed E-state index contributed by atoms with van der Waals surface area (Å²) in [6.45, 7) is 10.3. The summed E-state index contributed by atoms with van der Waals surface area (Å²) in [5, 5.41) is 4.21. The van der Waals surface area contributed by atoms with E-state index in [1.165, 1.54) is 5.57 Å². The molecule has 1 aliphatic carbocycles. The standard InChI is InChI=1S/C24H27N3O2.C2H6/c1-3-6-19(7-4-2)17-28-22-9-5-8-18(10-12-22)14-21-15-23(29-27-21)20-11-13-24(25)26-16-20;1-2/h3-4,6-7,10-13,15-16H,1,5,8-9,14,17H2,2H3,(H2,25,26);1-2H3/b7-4-,19-6+;. The summed E-state index contributed by atoms with van der Waals surface area (Å²) in [6.07, 6.45) is 17.5. The smallest absolute Gasteiger partial charge is 0.168 e. The molecule has 2 N–H and O–H groups in total. The second kappa shape index (κ2) is 13.1. The van der Waals surface area contributed by atoms with Crippen molar-refractivity contribution >= 4 is 5.82 Å². The fourth-order valence-corrected chi connectivity index (χ4v) is 3.14. The number of nitrogen functional groups attached to an aromatic ring is 1. The van der Waals surface area contributed by atoms with Crippen LogP contribution in [0, 0.1) is 0 Å². The molecule has 5 heteroatoms. The van der Waals surface area contributed by atoms with E-state index in [2.05, 4.69) is 28.9 Å². The zero-order chi connectivity index (χ0) is 22.5. The number of anilines is 1. The lowest BCUT2D eigenvalue weighted by Gasteiger charge is -2.09. The Morgan fingerprint density at radius 1 is 1.26 bits per heavy atom. The Labute approximate surface area is 185 Å². The minimum atomic E-state index is 0.486. The number of ether oxygens (including phenoxy) is 1. The van der Waals surface area contributed by atoms with Crippen molar-refractivity contribution in [3.05, 3.63) is 90.0 Å². The fraction of sp³-hybridized carbons (Fsp3) is 0.308. The van der Waals surface area contributed by atoms with Crippen LogP contribution < -0.4 is 5.73 Å². The highest BCUT2D eigenvalue weighted by atomic mass is 16.5. The Balaban J connectivity index is 0.00000166. The molecule has 0 saturated carbocycles. The van der Waals surface area contributed by atoms with Crippen LogP contribution in [0.1, 0.15) is 45.7 Å². The van der Waals surface area contributed by atoms with Crippen molar-refractivity contribution in [3.63, 3.8) is 0 Å². The van der Waals surface area contributed by atoms with E-state index < -0.39 is 0 Å². The van der Waals surface area contributed by atoms with E-state index in [0.717, 1.165) is 48.3 Å². The molecule has 0 radical (unpaired) electrons. The molecule has 0 fully saturated rings. The first kappa shape index (κ1) is 23.9. The Morgan fingerprint density at radius 3 is 2.81 bits per heavy atom. The van der Waals surface area contributed by atoms with E-state index in [1.54, 1.807) is 18.3 Å². The van der Waals surface area contributed by atoms with Crippen molar-refractivity contribution in [2.45, 2.75) is 46.5 Å². The van der Waals surface area contributed by atoms with E-state index in [9.17, 15) is 0 Å². The monoisotopic (exact) mass is 419 g/mol. The summed E-state index contributed by atoms with van der Waals surface area (Å²) in [5.41, 5.74) is 9.83. The van der Waals surface area contributed by atoms with Gasteiger partial charge in [0.2, 0.25) is 0 Å². The van der Waals surface area contributed by atoms with Gasteiger partial charge in [0.05, 0.1) is 11.5 Å². The molecule has 2 aromatic rings. The van der Waals surface area contributed by atoms with Gasteiger partial charge in [-0.05, 0) is 43.5 Å². The number of nitrogens with zero attached hydrogens (tertiary/aromatic N) is 2.